The fraction of sp³-hybridized carbons (Fsp3) is 0.524. The number of aromatic nitrogens is 1. The lowest BCUT2D eigenvalue weighted by Crippen LogP contribution is -2.44. The Kier molecular flexibility index (Phi) is 5.86. The summed E-state index contributed by atoms with van der Waals surface area (Å²) < 4.78 is 10.9. The van der Waals surface area contributed by atoms with Gasteiger partial charge in [0.25, 0.3) is 5.91 Å². The summed E-state index contributed by atoms with van der Waals surface area (Å²) in [6.07, 6.45) is 3.45. The van der Waals surface area contributed by atoms with Crippen LogP contribution in [0.5, 0.6) is 5.75 Å². The average Bonchev–Trinajstić information content (AvgIpc) is 3.18. The molecule has 0 saturated carbocycles. The Hall–Kier alpha value is -1.92. The van der Waals surface area contributed by atoms with Crippen molar-refractivity contribution in [3.8, 4) is 5.75 Å². The van der Waals surface area contributed by atoms with Crippen molar-refractivity contribution >= 4 is 17.2 Å². The number of amides is 1. The highest BCUT2D eigenvalue weighted by Crippen LogP contribution is 2.35. The molecule has 0 bridgehead atoms. The molecule has 27 heavy (non-hydrogen) atoms. The molecule has 0 atom stereocenters. The molecular weight excluding hydrogens is 360 g/mol. The quantitative estimate of drug-likeness (QED) is 0.843. The number of nitrogens with zero attached hydrogens (tertiary/aromatic N) is 1. The minimum atomic E-state index is -0.113. The van der Waals surface area contributed by atoms with Crippen LogP contribution in [0, 0.1) is 0 Å². The summed E-state index contributed by atoms with van der Waals surface area (Å²) in [4.78, 5) is 17.8. The normalized spacial score (nSPS) is 16.7. The van der Waals surface area contributed by atoms with Gasteiger partial charge in [0, 0.05) is 30.6 Å². The molecule has 0 aliphatic carbocycles. The molecule has 1 aromatic carbocycles. The molecule has 0 radical (unpaired) electrons. The van der Waals surface area contributed by atoms with E-state index in [-0.39, 0.29) is 16.7 Å². The molecule has 0 unspecified atom stereocenters. The summed E-state index contributed by atoms with van der Waals surface area (Å²) in [5, 5.41) is 4.12. The first kappa shape index (κ1) is 19.8. The van der Waals surface area contributed by atoms with Gasteiger partial charge in [-0.15, -0.1) is 11.3 Å². The second-order valence-electron chi connectivity index (χ2n) is 8.08. The van der Waals surface area contributed by atoms with E-state index in [0.29, 0.717) is 24.6 Å². The van der Waals surface area contributed by atoms with Crippen LogP contribution in [-0.2, 0) is 15.6 Å². The lowest BCUT2D eigenvalue weighted by Gasteiger charge is -2.38. The predicted octanol–water partition coefficient (Wildman–Crippen LogP) is 3.93. The molecular formula is C21H28N2O3S. The number of hydrogen-bond donors (Lipinski definition) is 1. The van der Waals surface area contributed by atoms with Gasteiger partial charge in [-0.3, -0.25) is 4.79 Å². The maximum atomic E-state index is 12.7. The van der Waals surface area contributed by atoms with Gasteiger partial charge in [-0.25, -0.2) is 4.98 Å². The van der Waals surface area contributed by atoms with Crippen LogP contribution < -0.4 is 10.1 Å². The maximum absolute atomic E-state index is 12.7. The van der Waals surface area contributed by atoms with Crippen molar-refractivity contribution in [3.63, 3.8) is 0 Å². The van der Waals surface area contributed by atoms with Crippen molar-refractivity contribution in [3.05, 3.63) is 45.9 Å². The molecule has 1 saturated heterocycles. The van der Waals surface area contributed by atoms with Crippen LogP contribution in [0.15, 0.2) is 30.5 Å². The number of nitrogens with one attached hydrogen (secondary N) is 1. The van der Waals surface area contributed by atoms with Crippen LogP contribution in [0.3, 0.4) is 0 Å². The van der Waals surface area contributed by atoms with E-state index in [1.54, 1.807) is 13.3 Å². The first-order valence-corrected chi connectivity index (χ1v) is 10.1. The van der Waals surface area contributed by atoms with E-state index in [1.165, 1.54) is 16.9 Å². The Morgan fingerprint density at radius 3 is 2.48 bits per heavy atom. The third-order valence-electron chi connectivity index (χ3n) is 5.11. The van der Waals surface area contributed by atoms with E-state index in [0.717, 1.165) is 23.6 Å². The summed E-state index contributed by atoms with van der Waals surface area (Å²) >= 11 is 1.47. The van der Waals surface area contributed by atoms with Crippen LogP contribution >= 0.6 is 11.3 Å². The summed E-state index contributed by atoms with van der Waals surface area (Å²) in [6.45, 7) is 8.31. The molecule has 0 spiro atoms. The zero-order valence-electron chi connectivity index (χ0n) is 16.5. The van der Waals surface area contributed by atoms with Gasteiger partial charge < -0.3 is 14.8 Å². The number of methoxy groups -OCH3 is 1. The van der Waals surface area contributed by atoms with E-state index in [9.17, 15) is 4.79 Å². The molecule has 146 valence electrons. The molecule has 1 fully saturated rings. The monoisotopic (exact) mass is 388 g/mol. The molecule has 1 amide bonds. The third-order valence-corrected chi connectivity index (χ3v) is 6.53. The van der Waals surface area contributed by atoms with Gasteiger partial charge in [-0.05, 0) is 30.5 Å². The Morgan fingerprint density at radius 2 is 1.93 bits per heavy atom. The van der Waals surface area contributed by atoms with Crippen LogP contribution in [0.4, 0.5) is 0 Å². The number of carbonyl (C=O) groups is 1. The standard InChI is InChI=1S/C21H28N2O3S/c1-20(2,3)19-22-13-17(27-19)18(24)23-14-21(9-11-26-12-10-21)15-5-7-16(25-4)8-6-15/h5-8,13H,9-12,14H2,1-4H3,(H,23,24). The number of benzene rings is 1. The summed E-state index contributed by atoms with van der Waals surface area (Å²) in [6, 6.07) is 8.15. The fourth-order valence-electron chi connectivity index (χ4n) is 3.34. The van der Waals surface area contributed by atoms with Crippen molar-refractivity contribution in [1.82, 2.24) is 10.3 Å². The number of ether oxygens (including phenoxy) is 2. The molecule has 2 heterocycles. The van der Waals surface area contributed by atoms with Gasteiger partial charge in [-0.1, -0.05) is 32.9 Å². The molecule has 2 aromatic rings. The molecule has 1 N–H and O–H groups in total. The second kappa shape index (κ2) is 7.98. The van der Waals surface area contributed by atoms with E-state index in [1.807, 2.05) is 12.1 Å². The van der Waals surface area contributed by atoms with Crippen molar-refractivity contribution in [2.75, 3.05) is 26.9 Å². The van der Waals surface area contributed by atoms with Gasteiger partial charge in [0.1, 0.15) is 10.6 Å². The van der Waals surface area contributed by atoms with Gasteiger partial charge in [0.05, 0.1) is 18.3 Å². The summed E-state index contributed by atoms with van der Waals surface area (Å²) in [5.74, 6) is 0.784. The largest absolute Gasteiger partial charge is 0.497 e. The first-order chi connectivity index (χ1) is 12.8. The lowest BCUT2D eigenvalue weighted by molar-refractivity contribution is 0.0487. The zero-order chi connectivity index (χ0) is 19.5. The van der Waals surface area contributed by atoms with Gasteiger partial charge in [-0.2, -0.15) is 0 Å². The van der Waals surface area contributed by atoms with Crippen molar-refractivity contribution in [2.45, 2.75) is 44.4 Å². The van der Waals surface area contributed by atoms with Gasteiger partial charge in [0.2, 0.25) is 0 Å². The zero-order valence-corrected chi connectivity index (χ0v) is 17.3. The minimum absolute atomic E-state index is 0.0474. The SMILES string of the molecule is COc1ccc(C2(CNC(=O)c3cnc(C(C)(C)C)s3)CCOCC2)cc1. The molecule has 1 aliphatic rings. The molecule has 5 nitrogen and oxygen atoms in total. The number of thiazole rings is 1. The van der Waals surface area contributed by atoms with Crippen LogP contribution in [0.1, 0.15) is 53.9 Å². The Bertz CT molecular complexity index is 771. The highest BCUT2D eigenvalue weighted by Gasteiger charge is 2.35. The van der Waals surface area contributed by atoms with Crippen LogP contribution in [0.25, 0.3) is 0 Å². The Balaban J connectivity index is 1.75. The van der Waals surface area contributed by atoms with E-state index in [2.05, 4.69) is 43.2 Å². The van der Waals surface area contributed by atoms with Crippen molar-refractivity contribution in [1.29, 1.82) is 0 Å². The topological polar surface area (TPSA) is 60.5 Å². The third kappa shape index (κ3) is 4.50. The second-order valence-corrected chi connectivity index (χ2v) is 9.11. The first-order valence-electron chi connectivity index (χ1n) is 9.31. The molecule has 6 heteroatoms. The lowest BCUT2D eigenvalue weighted by atomic mass is 9.74. The number of rotatable bonds is 5. The number of carbonyl (C=O) groups excluding carboxylic acids is 1. The van der Waals surface area contributed by atoms with Gasteiger partial charge >= 0.3 is 0 Å². The molecule has 3 rings (SSSR count). The summed E-state index contributed by atoms with van der Waals surface area (Å²) in [5.41, 5.74) is 1.05. The predicted molar refractivity (Wildman–Crippen MR) is 108 cm³/mol. The smallest absolute Gasteiger partial charge is 0.263 e. The maximum Gasteiger partial charge on any atom is 0.263 e. The van der Waals surface area contributed by atoms with E-state index < -0.39 is 0 Å². The van der Waals surface area contributed by atoms with E-state index >= 15 is 0 Å². The van der Waals surface area contributed by atoms with Crippen molar-refractivity contribution in [2.24, 2.45) is 0 Å². The summed E-state index contributed by atoms with van der Waals surface area (Å²) in [7, 11) is 1.67. The minimum Gasteiger partial charge on any atom is -0.497 e. The fourth-order valence-corrected chi connectivity index (χ4v) is 4.23. The average molecular weight is 389 g/mol. The molecule has 1 aromatic heterocycles. The van der Waals surface area contributed by atoms with Crippen LogP contribution in [-0.4, -0.2) is 37.8 Å². The number of hydrogen-bond acceptors (Lipinski definition) is 5. The highest BCUT2D eigenvalue weighted by molar-refractivity contribution is 7.13. The highest BCUT2D eigenvalue weighted by atomic mass is 32.1. The van der Waals surface area contributed by atoms with E-state index in [4.69, 9.17) is 9.47 Å². The van der Waals surface area contributed by atoms with Crippen LogP contribution in [0.2, 0.25) is 0 Å². The van der Waals surface area contributed by atoms with Gasteiger partial charge in [0.15, 0.2) is 0 Å². The Labute approximate surface area is 165 Å². The van der Waals surface area contributed by atoms with Crippen molar-refractivity contribution < 1.29 is 14.3 Å². The Morgan fingerprint density at radius 1 is 1.26 bits per heavy atom. The molecule has 1 aliphatic heterocycles.